The molecule has 0 aliphatic carbocycles. The SMILES string of the molecule is Cc1csc2nc(CN3CCC[C@H]3c3ccccc3)cc(=O)n12. The van der Waals surface area contributed by atoms with Crippen molar-refractivity contribution in [2.75, 3.05) is 6.54 Å². The van der Waals surface area contributed by atoms with Crippen LogP contribution >= 0.6 is 11.3 Å². The van der Waals surface area contributed by atoms with E-state index in [-0.39, 0.29) is 5.56 Å². The van der Waals surface area contributed by atoms with Crippen LogP contribution in [0.4, 0.5) is 0 Å². The summed E-state index contributed by atoms with van der Waals surface area (Å²) in [5.41, 5.74) is 3.21. The van der Waals surface area contributed by atoms with Crippen molar-refractivity contribution in [3.05, 3.63) is 69.1 Å². The van der Waals surface area contributed by atoms with Crippen LogP contribution in [0.5, 0.6) is 0 Å². The number of hydrogen-bond donors (Lipinski definition) is 0. The van der Waals surface area contributed by atoms with E-state index in [1.54, 1.807) is 10.5 Å². The topological polar surface area (TPSA) is 37.6 Å². The molecule has 0 bridgehead atoms. The maximum absolute atomic E-state index is 12.3. The Balaban J connectivity index is 1.63. The number of thiazole rings is 1. The smallest absolute Gasteiger partial charge is 0.259 e. The Kier molecular flexibility index (Phi) is 3.75. The lowest BCUT2D eigenvalue weighted by atomic mass is 10.0. The summed E-state index contributed by atoms with van der Waals surface area (Å²) in [6.45, 7) is 3.74. The zero-order valence-electron chi connectivity index (χ0n) is 13.1. The van der Waals surface area contributed by atoms with Crippen LogP contribution < -0.4 is 5.56 Å². The van der Waals surface area contributed by atoms with Gasteiger partial charge in [0.2, 0.25) is 0 Å². The van der Waals surface area contributed by atoms with Gasteiger partial charge in [-0.1, -0.05) is 30.3 Å². The maximum Gasteiger partial charge on any atom is 0.259 e. The molecule has 1 saturated heterocycles. The third-order valence-corrected chi connectivity index (χ3v) is 5.49. The Morgan fingerprint density at radius 1 is 1.30 bits per heavy atom. The van der Waals surface area contributed by atoms with Crippen LogP contribution in [0.15, 0.2) is 46.6 Å². The van der Waals surface area contributed by atoms with Crippen LogP contribution in [0.2, 0.25) is 0 Å². The first-order valence-electron chi connectivity index (χ1n) is 7.98. The van der Waals surface area contributed by atoms with E-state index < -0.39 is 0 Å². The van der Waals surface area contributed by atoms with E-state index >= 15 is 0 Å². The molecule has 4 rings (SSSR count). The van der Waals surface area contributed by atoms with E-state index in [2.05, 4.69) is 40.2 Å². The standard InChI is InChI=1S/C18H19N3OS/c1-13-12-23-18-19-15(10-17(22)21(13)18)11-20-9-5-8-16(20)14-6-3-2-4-7-14/h2-4,6-7,10,12,16H,5,8-9,11H2,1H3/t16-/m0/s1. The van der Waals surface area contributed by atoms with Crippen molar-refractivity contribution in [3.8, 4) is 0 Å². The Morgan fingerprint density at radius 3 is 2.96 bits per heavy atom. The second-order valence-corrected chi connectivity index (χ2v) is 6.96. The van der Waals surface area contributed by atoms with Crippen molar-refractivity contribution >= 4 is 16.3 Å². The summed E-state index contributed by atoms with van der Waals surface area (Å²) in [6.07, 6.45) is 2.36. The predicted molar refractivity (Wildman–Crippen MR) is 92.9 cm³/mol. The summed E-state index contributed by atoms with van der Waals surface area (Å²) in [5, 5.41) is 1.98. The molecule has 1 aliphatic heterocycles. The number of nitrogens with zero attached hydrogens (tertiary/aromatic N) is 3. The number of fused-ring (bicyclic) bond motifs is 1. The summed E-state index contributed by atoms with van der Waals surface area (Å²) < 4.78 is 1.69. The van der Waals surface area contributed by atoms with E-state index in [1.807, 2.05) is 12.3 Å². The Labute approximate surface area is 139 Å². The van der Waals surface area contributed by atoms with Gasteiger partial charge in [0.1, 0.15) is 0 Å². The number of hydrogen-bond acceptors (Lipinski definition) is 4. The molecule has 0 radical (unpaired) electrons. The van der Waals surface area contributed by atoms with Gasteiger partial charge in [-0.2, -0.15) is 0 Å². The lowest BCUT2D eigenvalue weighted by Crippen LogP contribution is -2.25. The molecule has 0 spiro atoms. The highest BCUT2D eigenvalue weighted by Crippen LogP contribution is 2.32. The molecule has 0 unspecified atom stereocenters. The minimum absolute atomic E-state index is 0.0270. The van der Waals surface area contributed by atoms with Crippen molar-refractivity contribution < 1.29 is 0 Å². The summed E-state index contributed by atoms with van der Waals surface area (Å²) in [5.74, 6) is 0. The van der Waals surface area contributed by atoms with Crippen molar-refractivity contribution in [2.45, 2.75) is 32.4 Å². The average Bonchev–Trinajstić information content (AvgIpc) is 3.15. The normalized spacial score (nSPS) is 18.7. The van der Waals surface area contributed by atoms with E-state index in [1.165, 1.54) is 29.7 Å². The fraction of sp³-hybridized carbons (Fsp3) is 0.333. The van der Waals surface area contributed by atoms with Gasteiger partial charge < -0.3 is 0 Å². The fourth-order valence-electron chi connectivity index (χ4n) is 3.46. The van der Waals surface area contributed by atoms with Crippen molar-refractivity contribution in [1.82, 2.24) is 14.3 Å². The summed E-state index contributed by atoms with van der Waals surface area (Å²) in [7, 11) is 0. The zero-order valence-corrected chi connectivity index (χ0v) is 13.9. The van der Waals surface area contributed by atoms with Gasteiger partial charge in [0.15, 0.2) is 4.96 Å². The fourth-order valence-corrected chi connectivity index (χ4v) is 4.35. The van der Waals surface area contributed by atoms with Crippen LogP contribution in [0, 0.1) is 6.92 Å². The molecule has 0 amide bonds. The van der Waals surface area contributed by atoms with Crippen LogP contribution in [0.1, 0.15) is 35.8 Å². The molecule has 1 fully saturated rings. The Bertz CT molecular complexity index is 884. The van der Waals surface area contributed by atoms with E-state index in [0.29, 0.717) is 6.04 Å². The largest absolute Gasteiger partial charge is 0.291 e. The molecule has 1 aromatic carbocycles. The summed E-state index contributed by atoms with van der Waals surface area (Å²) in [4.78, 5) is 20.2. The number of benzene rings is 1. The molecule has 2 aromatic heterocycles. The summed E-state index contributed by atoms with van der Waals surface area (Å²) >= 11 is 1.53. The maximum atomic E-state index is 12.3. The molecule has 1 aliphatic rings. The molecule has 3 aromatic rings. The predicted octanol–water partition coefficient (Wildman–Crippen LogP) is 3.40. The minimum atomic E-state index is 0.0270. The third kappa shape index (κ3) is 2.71. The van der Waals surface area contributed by atoms with Gasteiger partial charge in [-0.15, -0.1) is 11.3 Å². The Morgan fingerprint density at radius 2 is 2.13 bits per heavy atom. The monoisotopic (exact) mass is 325 g/mol. The summed E-state index contributed by atoms with van der Waals surface area (Å²) in [6, 6.07) is 12.7. The van der Waals surface area contributed by atoms with Crippen LogP contribution in [-0.4, -0.2) is 20.8 Å². The molecule has 0 saturated carbocycles. The third-order valence-electron chi connectivity index (χ3n) is 4.54. The number of rotatable bonds is 3. The molecular formula is C18H19N3OS. The van der Waals surface area contributed by atoms with Gasteiger partial charge in [0.25, 0.3) is 5.56 Å². The molecule has 5 heteroatoms. The van der Waals surface area contributed by atoms with Crippen LogP contribution in [0.3, 0.4) is 0 Å². The highest BCUT2D eigenvalue weighted by molar-refractivity contribution is 7.15. The minimum Gasteiger partial charge on any atom is -0.291 e. The van der Waals surface area contributed by atoms with Gasteiger partial charge in [-0.25, -0.2) is 4.98 Å². The highest BCUT2D eigenvalue weighted by atomic mass is 32.1. The lowest BCUT2D eigenvalue weighted by Gasteiger charge is -2.24. The molecule has 0 N–H and O–H groups in total. The molecule has 118 valence electrons. The van der Waals surface area contributed by atoms with Gasteiger partial charge in [0.05, 0.1) is 5.69 Å². The molecule has 3 heterocycles. The first-order valence-corrected chi connectivity index (χ1v) is 8.86. The van der Waals surface area contributed by atoms with Gasteiger partial charge in [-0.05, 0) is 31.9 Å². The van der Waals surface area contributed by atoms with Crippen LogP contribution in [0.25, 0.3) is 4.96 Å². The number of likely N-dealkylation sites (tertiary alicyclic amines) is 1. The van der Waals surface area contributed by atoms with E-state index in [0.717, 1.165) is 29.4 Å². The number of aryl methyl sites for hydroxylation is 1. The van der Waals surface area contributed by atoms with Crippen molar-refractivity contribution in [3.63, 3.8) is 0 Å². The molecule has 1 atom stereocenters. The van der Waals surface area contributed by atoms with Gasteiger partial charge in [0, 0.05) is 29.7 Å². The lowest BCUT2D eigenvalue weighted by molar-refractivity contribution is 0.245. The van der Waals surface area contributed by atoms with E-state index in [4.69, 9.17) is 0 Å². The molecule has 4 nitrogen and oxygen atoms in total. The first-order chi connectivity index (χ1) is 11.2. The van der Waals surface area contributed by atoms with Crippen molar-refractivity contribution in [2.24, 2.45) is 0 Å². The second kappa shape index (κ2) is 5.91. The zero-order chi connectivity index (χ0) is 15.8. The Hall–Kier alpha value is -1.98. The van der Waals surface area contributed by atoms with E-state index in [9.17, 15) is 4.79 Å². The molecular weight excluding hydrogens is 306 g/mol. The second-order valence-electron chi connectivity index (χ2n) is 6.12. The first kappa shape index (κ1) is 14.6. The quantitative estimate of drug-likeness (QED) is 0.741. The average molecular weight is 325 g/mol. The highest BCUT2D eigenvalue weighted by Gasteiger charge is 2.26. The van der Waals surface area contributed by atoms with Crippen molar-refractivity contribution in [1.29, 1.82) is 0 Å². The van der Waals surface area contributed by atoms with Gasteiger partial charge >= 0.3 is 0 Å². The van der Waals surface area contributed by atoms with Gasteiger partial charge in [-0.3, -0.25) is 14.1 Å². The van der Waals surface area contributed by atoms with Crippen LogP contribution in [-0.2, 0) is 6.54 Å². The molecule has 23 heavy (non-hydrogen) atoms. The number of aromatic nitrogens is 2.